The van der Waals surface area contributed by atoms with Crippen molar-refractivity contribution in [1.82, 2.24) is 0 Å². The number of hydrogen-bond donors (Lipinski definition) is 1. The van der Waals surface area contributed by atoms with E-state index >= 15 is 0 Å². The minimum Gasteiger partial charge on any atom is -0.352 e. The van der Waals surface area contributed by atoms with Crippen LogP contribution in [0, 0.1) is 0 Å². The van der Waals surface area contributed by atoms with E-state index in [-0.39, 0.29) is 6.04 Å². The zero-order chi connectivity index (χ0) is 8.32. The molecule has 0 aliphatic heterocycles. The third-order valence-electron chi connectivity index (χ3n) is 2.55. The summed E-state index contributed by atoms with van der Waals surface area (Å²) in [6, 6.07) is 0.0336. The first-order valence-corrected chi connectivity index (χ1v) is 4.11. The molecule has 0 aromatic heterocycles. The largest absolute Gasteiger partial charge is 0.352 e. The molecule has 3 nitrogen and oxygen atoms in total. The van der Waals surface area contributed by atoms with Gasteiger partial charge in [-0.1, -0.05) is 6.42 Å². The summed E-state index contributed by atoms with van der Waals surface area (Å²) >= 11 is 0. The van der Waals surface area contributed by atoms with Gasteiger partial charge in [-0.15, -0.1) is 0 Å². The van der Waals surface area contributed by atoms with Crippen LogP contribution in [-0.2, 0) is 9.47 Å². The Morgan fingerprint density at radius 3 is 2.27 bits per heavy atom. The monoisotopic (exact) mass is 159 g/mol. The second-order valence-corrected chi connectivity index (χ2v) is 3.07. The Balaban J connectivity index is 2.61. The molecule has 0 aromatic rings. The van der Waals surface area contributed by atoms with Gasteiger partial charge in [0.25, 0.3) is 0 Å². The van der Waals surface area contributed by atoms with Crippen molar-refractivity contribution in [3.8, 4) is 0 Å². The molecule has 0 radical (unpaired) electrons. The van der Waals surface area contributed by atoms with Crippen molar-refractivity contribution < 1.29 is 9.47 Å². The van der Waals surface area contributed by atoms with Gasteiger partial charge < -0.3 is 15.2 Å². The first-order chi connectivity index (χ1) is 5.25. The maximum Gasteiger partial charge on any atom is 0.182 e. The van der Waals surface area contributed by atoms with E-state index in [9.17, 15) is 0 Å². The molecular weight excluding hydrogens is 142 g/mol. The molecule has 0 unspecified atom stereocenters. The van der Waals surface area contributed by atoms with Crippen LogP contribution in [0.25, 0.3) is 0 Å². The average Bonchev–Trinajstić information content (AvgIpc) is 2.06. The van der Waals surface area contributed by atoms with Crippen LogP contribution in [0.5, 0.6) is 0 Å². The van der Waals surface area contributed by atoms with Gasteiger partial charge in [-0.2, -0.15) is 0 Å². The molecule has 66 valence electrons. The first-order valence-electron chi connectivity index (χ1n) is 4.11. The molecule has 11 heavy (non-hydrogen) atoms. The Bertz CT molecular complexity index is 123. The Morgan fingerprint density at radius 1 is 1.27 bits per heavy atom. The Kier molecular flexibility index (Phi) is 2.87. The number of hydrogen-bond acceptors (Lipinski definition) is 3. The van der Waals surface area contributed by atoms with Gasteiger partial charge in [-0.05, 0) is 12.8 Å². The van der Waals surface area contributed by atoms with Crippen molar-refractivity contribution in [3.05, 3.63) is 0 Å². The van der Waals surface area contributed by atoms with Crippen LogP contribution in [0.3, 0.4) is 0 Å². The number of methoxy groups -OCH3 is 2. The fourth-order valence-electron chi connectivity index (χ4n) is 1.73. The summed E-state index contributed by atoms with van der Waals surface area (Å²) in [7, 11) is 3.32. The molecule has 0 aromatic carbocycles. The summed E-state index contributed by atoms with van der Waals surface area (Å²) < 4.78 is 10.6. The molecule has 0 bridgehead atoms. The Hall–Kier alpha value is -0.120. The molecule has 1 fully saturated rings. The summed E-state index contributed by atoms with van der Waals surface area (Å²) in [4.78, 5) is 0. The van der Waals surface area contributed by atoms with Gasteiger partial charge in [0.05, 0.1) is 6.04 Å². The predicted octanol–water partition coefficient (Wildman–Crippen LogP) is 0.877. The average molecular weight is 159 g/mol. The Labute approximate surface area is 67.9 Å². The maximum atomic E-state index is 5.88. The number of ether oxygens (including phenoxy) is 2. The molecule has 1 aliphatic rings. The minimum atomic E-state index is -0.502. The lowest BCUT2D eigenvalue weighted by Crippen LogP contribution is -2.52. The fraction of sp³-hybridized carbons (Fsp3) is 1.00. The summed E-state index contributed by atoms with van der Waals surface area (Å²) in [6.45, 7) is 0. The molecule has 1 atom stereocenters. The van der Waals surface area contributed by atoms with Crippen molar-refractivity contribution in [3.63, 3.8) is 0 Å². The predicted molar refractivity (Wildman–Crippen MR) is 43.2 cm³/mol. The fourth-order valence-corrected chi connectivity index (χ4v) is 1.73. The molecule has 0 saturated heterocycles. The first kappa shape index (κ1) is 8.97. The lowest BCUT2D eigenvalue weighted by atomic mass is 9.89. The van der Waals surface area contributed by atoms with Crippen LogP contribution in [0.2, 0.25) is 0 Å². The molecule has 1 saturated carbocycles. The van der Waals surface area contributed by atoms with Gasteiger partial charge in [0, 0.05) is 20.6 Å². The van der Waals surface area contributed by atoms with Gasteiger partial charge in [0.2, 0.25) is 0 Å². The van der Waals surface area contributed by atoms with Crippen LogP contribution in [0.1, 0.15) is 25.7 Å². The zero-order valence-electron chi connectivity index (χ0n) is 7.30. The van der Waals surface area contributed by atoms with Crippen molar-refractivity contribution in [2.24, 2.45) is 5.73 Å². The summed E-state index contributed by atoms with van der Waals surface area (Å²) in [5.74, 6) is -0.502. The van der Waals surface area contributed by atoms with E-state index in [0.29, 0.717) is 0 Å². The third-order valence-corrected chi connectivity index (χ3v) is 2.55. The highest BCUT2D eigenvalue weighted by Crippen LogP contribution is 2.30. The van der Waals surface area contributed by atoms with Crippen LogP contribution in [0.4, 0.5) is 0 Å². The topological polar surface area (TPSA) is 44.5 Å². The summed E-state index contributed by atoms with van der Waals surface area (Å²) in [5.41, 5.74) is 5.88. The van der Waals surface area contributed by atoms with Gasteiger partial charge in [-0.25, -0.2) is 0 Å². The van der Waals surface area contributed by atoms with E-state index in [1.165, 1.54) is 6.42 Å². The third kappa shape index (κ3) is 1.55. The SMILES string of the molecule is COC1(OC)CCCC[C@H]1N. The van der Waals surface area contributed by atoms with Crippen LogP contribution >= 0.6 is 0 Å². The molecule has 0 amide bonds. The van der Waals surface area contributed by atoms with Gasteiger partial charge >= 0.3 is 0 Å². The smallest absolute Gasteiger partial charge is 0.182 e. The lowest BCUT2D eigenvalue weighted by Gasteiger charge is -2.39. The van der Waals surface area contributed by atoms with Gasteiger partial charge in [0.15, 0.2) is 5.79 Å². The highest BCUT2D eigenvalue weighted by molar-refractivity contribution is 4.86. The van der Waals surface area contributed by atoms with Crippen LogP contribution in [0.15, 0.2) is 0 Å². The summed E-state index contributed by atoms with van der Waals surface area (Å²) in [5, 5.41) is 0. The van der Waals surface area contributed by atoms with Crippen LogP contribution < -0.4 is 5.73 Å². The highest BCUT2D eigenvalue weighted by Gasteiger charge is 2.38. The van der Waals surface area contributed by atoms with E-state index in [1.807, 2.05) is 0 Å². The van der Waals surface area contributed by atoms with Crippen LogP contribution in [-0.4, -0.2) is 26.0 Å². The second-order valence-electron chi connectivity index (χ2n) is 3.07. The van der Waals surface area contributed by atoms with E-state index < -0.39 is 5.79 Å². The standard InChI is InChI=1S/C8H17NO2/c1-10-8(11-2)6-4-3-5-7(8)9/h7H,3-6,9H2,1-2H3/t7-/m1/s1. The highest BCUT2D eigenvalue weighted by atomic mass is 16.7. The quantitative estimate of drug-likeness (QED) is 0.608. The minimum absolute atomic E-state index is 0.0336. The van der Waals surface area contributed by atoms with Crippen molar-refractivity contribution >= 4 is 0 Å². The maximum absolute atomic E-state index is 5.88. The molecule has 3 heteroatoms. The van der Waals surface area contributed by atoms with E-state index in [1.54, 1.807) is 14.2 Å². The molecule has 0 heterocycles. The number of rotatable bonds is 2. The molecule has 1 rings (SSSR count). The van der Waals surface area contributed by atoms with Gasteiger partial charge in [-0.3, -0.25) is 0 Å². The Morgan fingerprint density at radius 2 is 1.91 bits per heavy atom. The van der Waals surface area contributed by atoms with E-state index in [2.05, 4.69) is 0 Å². The molecule has 1 aliphatic carbocycles. The van der Waals surface area contributed by atoms with Gasteiger partial charge in [0.1, 0.15) is 0 Å². The normalized spacial score (nSPS) is 30.3. The van der Waals surface area contributed by atoms with Crippen molar-refractivity contribution in [2.45, 2.75) is 37.5 Å². The lowest BCUT2D eigenvalue weighted by molar-refractivity contribution is -0.232. The van der Waals surface area contributed by atoms with Crippen molar-refractivity contribution in [2.75, 3.05) is 14.2 Å². The molecule has 2 N–H and O–H groups in total. The van der Waals surface area contributed by atoms with E-state index in [0.717, 1.165) is 19.3 Å². The zero-order valence-corrected chi connectivity index (χ0v) is 7.30. The number of nitrogens with two attached hydrogens (primary N) is 1. The van der Waals surface area contributed by atoms with E-state index in [4.69, 9.17) is 15.2 Å². The molecule has 0 spiro atoms. The second kappa shape index (κ2) is 3.52. The van der Waals surface area contributed by atoms with Crippen molar-refractivity contribution in [1.29, 1.82) is 0 Å². The molecular formula is C8H17NO2. The summed E-state index contributed by atoms with van der Waals surface area (Å²) in [6.07, 6.45) is 4.26.